The summed E-state index contributed by atoms with van der Waals surface area (Å²) in [6, 6.07) is 15.7. The van der Waals surface area contributed by atoms with E-state index >= 15 is 0 Å². The van der Waals surface area contributed by atoms with Crippen molar-refractivity contribution in [3.05, 3.63) is 72.2 Å². The number of anilines is 1. The minimum Gasteiger partial charge on any atom is -0.321 e. The van der Waals surface area contributed by atoms with Crippen molar-refractivity contribution in [1.82, 2.24) is 20.2 Å². The van der Waals surface area contributed by atoms with Gasteiger partial charge in [0.05, 0.1) is 21.1 Å². The van der Waals surface area contributed by atoms with Crippen molar-refractivity contribution in [2.75, 3.05) is 5.32 Å². The first-order valence-electron chi connectivity index (χ1n) is 8.74. The summed E-state index contributed by atoms with van der Waals surface area (Å²) in [4.78, 5) is 21.3. The molecule has 0 aliphatic carbocycles. The third-order valence-corrected chi connectivity index (χ3v) is 5.58. The van der Waals surface area contributed by atoms with Gasteiger partial charge in [-0.3, -0.25) is 14.9 Å². The highest BCUT2D eigenvalue weighted by Gasteiger charge is 2.14. The van der Waals surface area contributed by atoms with Crippen molar-refractivity contribution >= 4 is 44.1 Å². The lowest BCUT2D eigenvalue weighted by Gasteiger charge is -2.04. The molecule has 2 N–H and O–H groups in total. The summed E-state index contributed by atoms with van der Waals surface area (Å²) < 4.78 is 1.17. The second-order valence-electron chi connectivity index (χ2n) is 6.52. The van der Waals surface area contributed by atoms with Crippen LogP contribution in [0, 0.1) is 6.92 Å². The van der Waals surface area contributed by atoms with E-state index in [9.17, 15) is 4.79 Å². The van der Waals surface area contributed by atoms with Gasteiger partial charge in [-0.2, -0.15) is 5.10 Å². The molecule has 3 aromatic heterocycles. The van der Waals surface area contributed by atoms with Crippen molar-refractivity contribution in [3.63, 3.8) is 0 Å². The number of aromatic nitrogens is 4. The number of aromatic amines is 1. The Kier molecular flexibility index (Phi) is 3.87. The zero-order valence-corrected chi connectivity index (χ0v) is 15.7. The molecular formula is C21H15N5OS. The van der Waals surface area contributed by atoms with Gasteiger partial charge in [0.15, 0.2) is 5.69 Å². The maximum absolute atomic E-state index is 12.6. The van der Waals surface area contributed by atoms with Crippen LogP contribution in [0.15, 0.2) is 60.9 Å². The van der Waals surface area contributed by atoms with Crippen molar-refractivity contribution in [1.29, 1.82) is 0 Å². The molecule has 0 bridgehead atoms. The first kappa shape index (κ1) is 16.6. The number of rotatable bonds is 3. The van der Waals surface area contributed by atoms with Gasteiger partial charge in [-0.25, -0.2) is 4.98 Å². The third kappa shape index (κ3) is 2.91. The van der Waals surface area contributed by atoms with Gasteiger partial charge in [0.1, 0.15) is 5.01 Å². The quantitative estimate of drug-likeness (QED) is 0.467. The zero-order valence-electron chi connectivity index (χ0n) is 14.9. The molecule has 2 aromatic carbocycles. The van der Waals surface area contributed by atoms with Gasteiger partial charge in [0, 0.05) is 23.6 Å². The van der Waals surface area contributed by atoms with Crippen LogP contribution in [-0.4, -0.2) is 26.1 Å². The van der Waals surface area contributed by atoms with Crippen LogP contribution in [0.4, 0.5) is 5.69 Å². The Morgan fingerprint density at radius 2 is 1.96 bits per heavy atom. The van der Waals surface area contributed by atoms with Gasteiger partial charge in [-0.05, 0) is 55.0 Å². The van der Waals surface area contributed by atoms with Crippen LogP contribution < -0.4 is 5.32 Å². The number of nitrogens with zero attached hydrogens (tertiary/aromatic N) is 3. The number of carbonyl (C=O) groups is 1. The van der Waals surface area contributed by atoms with E-state index in [2.05, 4.69) is 39.6 Å². The van der Waals surface area contributed by atoms with Crippen molar-refractivity contribution < 1.29 is 4.79 Å². The predicted octanol–water partition coefficient (Wildman–Crippen LogP) is 4.80. The Morgan fingerprint density at radius 1 is 1.11 bits per heavy atom. The van der Waals surface area contributed by atoms with E-state index in [1.54, 1.807) is 29.8 Å². The van der Waals surface area contributed by atoms with E-state index in [4.69, 9.17) is 4.98 Å². The SMILES string of the molecule is Cc1ccc2nc(-c3ccc(NC(=O)c4n[nH]c5ccncc45)cc3)sc2c1. The summed E-state index contributed by atoms with van der Waals surface area (Å²) in [6.07, 6.45) is 3.29. The molecule has 0 aliphatic rings. The average molecular weight is 385 g/mol. The summed E-state index contributed by atoms with van der Waals surface area (Å²) in [7, 11) is 0. The highest BCUT2D eigenvalue weighted by Crippen LogP contribution is 2.31. The maximum Gasteiger partial charge on any atom is 0.276 e. The molecule has 5 aromatic rings. The van der Waals surface area contributed by atoms with Crippen LogP contribution in [0.5, 0.6) is 0 Å². The fraction of sp³-hybridized carbons (Fsp3) is 0.0476. The first-order valence-corrected chi connectivity index (χ1v) is 9.56. The number of benzene rings is 2. The van der Waals surface area contributed by atoms with Gasteiger partial charge in [-0.1, -0.05) is 6.07 Å². The molecule has 136 valence electrons. The third-order valence-electron chi connectivity index (χ3n) is 4.51. The number of thiazole rings is 1. The Bertz CT molecular complexity index is 1320. The highest BCUT2D eigenvalue weighted by molar-refractivity contribution is 7.21. The van der Waals surface area contributed by atoms with Gasteiger partial charge in [0.2, 0.25) is 0 Å². The number of carbonyl (C=O) groups excluding carboxylic acids is 1. The van der Waals surface area contributed by atoms with Gasteiger partial charge >= 0.3 is 0 Å². The monoisotopic (exact) mass is 385 g/mol. The van der Waals surface area contributed by atoms with Gasteiger partial charge in [0.25, 0.3) is 5.91 Å². The molecule has 3 heterocycles. The van der Waals surface area contributed by atoms with E-state index < -0.39 is 0 Å². The number of fused-ring (bicyclic) bond motifs is 2. The standard InChI is InChI=1S/C21H15N5OS/c1-12-2-7-17-18(10-12)28-21(24-17)13-3-5-14(6-4-13)23-20(27)19-15-11-22-9-8-16(15)25-26-19/h2-11H,1H3,(H,23,27)(H,25,26). The predicted molar refractivity (Wildman–Crippen MR) is 112 cm³/mol. The summed E-state index contributed by atoms with van der Waals surface area (Å²) >= 11 is 1.66. The number of pyridine rings is 1. The van der Waals surface area contributed by atoms with Gasteiger partial charge < -0.3 is 5.32 Å². The second-order valence-corrected chi connectivity index (χ2v) is 7.55. The average Bonchev–Trinajstić information content (AvgIpc) is 3.32. The first-order chi connectivity index (χ1) is 13.7. The van der Waals surface area contributed by atoms with E-state index in [0.29, 0.717) is 16.8 Å². The Morgan fingerprint density at radius 3 is 2.82 bits per heavy atom. The number of nitrogens with one attached hydrogen (secondary N) is 2. The molecular weight excluding hydrogens is 370 g/mol. The van der Waals surface area contributed by atoms with E-state index in [0.717, 1.165) is 21.6 Å². The van der Waals surface area contributed by atoms with Crippen LogP contribution in [0.1, 0.15) is 16.1 Å². The molecule has 5 rings (SSSR count). The van der Waals surface area contributed by atoms with E-state index in [1.165, 1.54) is 10.3 Å². The normalized spacial score (nSPS) is 11.2. The molecule has 1 amide bonds. The largest absolute Gasteiger partial charge is 0.321 e. The Labute approximate surface area is 164 Å². The summed E-state index contributed by atoms with van der Waals surface area (Å²) in [6.45, 7) is 2.08. The molecule has 0 fully saturated rings. The maximum atomic E-state index is 12.6. The Balaban J connectivity index is 1.39. The minimum atomic E-state index is -0.275. The van der Waals surface area contributed by atoms with Crippen LogP contribution in [-0.2, 0) is 0 Å². The number of hydrogen-bond donors (Lipinski definition) is 2. The summed E-state index contributed by atoms with van der Waals surface area (Å²) in [5, 5.41) is 11.5. The lowest BCUT2D eigenvalue weighted by molar-refractivity contribution is 0.102. The Hall–Kier alpha value is -3.58. The molecule has 0 spiro atoms. The van der Waals surface area contributed by atoms with E-state index in [-0.39, 0.29) is 5.91 Å². The fourth-order valence-electron chi connectivity index (χ4n) is 3.07. The van der Waals surface area contributed by atoms with Gasteiger partial charge in [-0.15, -0.1) is 11.3 Å². The molecule has 7 heteroatoms. The molecule has 0 aliphatic heterocycles. The van der Waals surface area contributed by atoms with Crippen LogP contribution in [0.25, 0.3) is 31.7 Å². The molecule has 0 saturated carbocycles. The number of hydrogen-bond acceptors (Lipinski definition) is 5. The number of H-pyrrole nitrogens is 1. The van der Waals surface area contributed by atoms with Crippen molar-refractivity contribution in [2.24, 2.45) is 0 Å². The molecule has 0 atom stereocenters. The van der Waals surface area contributed by atoms with Crippen LogP contribution >= 0.6 is 11.3 Å². The van der Waals surface area contributed by atoms with E-state index in [1.807, 2.05) is 30.3 Å². The minimum absolute atomic E-state index is 0.275. The van der Waals surface area contributed by atoms with Crippen molar-refractivity contribution in [2.45, 2.75) is 6.92 Å². The topological polar surface area (TPSA) is 83.6 Å². The fourth-order valence-corrected chi connectivity index (χ4v) is 4.14. The van der Waals surface area contributed by atoms with Crippen molar-refractivity contribution in [3.8, 4) is 10.6 Å². The second kappa shape index (κ2) is 6.54. The smallest absolute Gasteiger partial charge is 0.276 e. The summed E-state index contributed by atoms with van der Waals surface area (Å²) in [5.41, 5.74) is 5.05. The molecule has 6 nitrogen and oxygen atoms in total. The summed E-state index contributed by atoms with van der Waals surface area (Å²) in [5.74, 6) is -0.275. The highest BCUT2D eigenvalue weighted by atomic mass is 32.1. The zero-order chi connectivity index (χ0) is 19.1. The lowest BCUT2D eigenvalue weighted by Crippen LogP contribution is -2.12. The molecule has 28 heavy (non-hydrogen) atoms. The molecule has 0 unspecified atom stereocenters. The number of amides is 1. The lowest BCUT2D eigenvalue weighted by atomic mass is 10.2. The van der Waals surface area contributed by atoms with Crippen LogP contribution in [0.3, 0.4) is 0 Å². The number of aryl methyl sites for hydroxylation is 1. The molecule has 0 radical (unpaired) electrons. The molecule has 0 saturated heterocycles. The van der Waals surface area contributed by atoms with Crippen LogP contribution in [0.2, 0.25) is 0 Å².